The quantitative estimate of drug-likeness (QED) is 0.476. The van der Waals surface area contributed by atoms with Gasteiger partial charge in [0.25, 0.3) is 0 Å². The lowest BCUT2D eigenvalue weighted by Crippen LogP contribution is -2.58. The number of amides is 3. The first-order chi connectivity index (χ1) is 17.3. The van der Waals surface area contributed by atoms with Crippen LogP contribution in [0.5, 0.6) is 0 Å². The van der Waals surface area contributed by atoms with Gasteiger partial charge in [-0.3, -0.25) is 14.4 Å². The topological polar surface area (TPSA) is 81.2 Å². The minimum absolute atomic E-state index is 0.0144. The predicted molar refractivity (Wildman–Crippen MR) is 143 cm³/mol. The highest BCUT2D eigenvalue weighted by molar-refractivity contribution is 8.02. The van der Waals surface area contributed by atoms with Crippen molar-refractivity contribution in [1.29, 1.82) is 0 Å². The van der Waals surface area contributed by atoms with Crippen LogP contribution < -0.4 is 0 Å². The van der Waals surface area contributed by atoms with E-state index in [0.29, 0.717) is 19.6 Å². The Morgan fingerprint density at radius 2 is 1.81 bits per heavy atom. The number of aliphatic hydroxyl groups is 1. The summed E-state index contributed by atoms with van der Waals surface area (Å²) in [4.78, 5) is 48.1. The summed E-state index contributed by atoms with van der Waals surface area (Å²) in [7, 11) is 0. The molecular weight excluding hydrogens is 474 g/mol. The molecule has 2 unspecified atom stereocenters. The smallest absolute Gasteiger partial charge is 0.247 e. The van der Waals surface area contributed by atoms with Crippen molar-refractivity contribution in [1.82, 2.24) is 14.7 Å². The SMILES string of the molecule is CCCC(C)N1CC=C[C@]23S[C@@H]4C=CCN(CCC)C(=O)[C@@H]4[C@H]2C(=O)N([C@@H](CO)[C@@H](C)CC)C3C1=O. The number of likely N-dealkylation sites (tertiary alicyclic amines) is 1. The van der Waals surface area contributed by atoms with Crippen molar-refractivity contribution in [3.8, 4) is 0 Å². The van der Waals surface area contributed by atoms with Crippen molar-refractivity contribution in [3.63, 3.8) is 0 Å². The molecule has 2 saturated heterocycles. The third-order valence-electron chi connectivity index (χ3n) is 8.79. The van der Waals surface area contributed by atoms with Crippen molar-refractivity contribution in [2.45, 2.75) is 88.4 Å². The molecule has 1 spiro atoms. The molecule has 0 aliphatic carbocycles. The Morgan fingerprint density at radius 3 is 2.44 bits per heavy atom. The molecule has 200 valence electrons. The molecule has 7 nitrogen and oxygen atoms in total. The molecule has 36 heavy (non-hydrogen) atoms. The fourth-order valence-corrected chi connectivity index (χ4v) is 8.75. The van der Waals surface area contributed by atoms with Crippen LogP contribution in [-0.2, 0) is 14.4 Å². The van der Waals surface area contributed by atoms with E-state index in [2.05, 4.69) is 32.9 Å². The van der Waals surface area contributed by atoms with Gasteiger partial charge in [0.15, 0.2) is 0 Å². The number of fused-ring (bicyclic) bond motifs is 2. The Hall–Kier alpha value is -1.80. The zero-order chi connectivity index (χ0) is 26.2. The average molecular weight is 518 g/mol. The van der Waals surface area contributed by atoms with Crippen LogP contribution in [0.2, 0.25) is 0 Å². The van der Waals surface area contributed by atoms with Crippen LogP contribution in [0.1, 0.15) is 60.3 Å². The second-order valence-electron chi connectivity index (χ2n) is 11.0. The van der Waals surface area contributed by atoms with Crippen LogP contribution in [0, 0.1) is 17.8 Å². The molecule has 0 radical (unpaired) electrons. The van der Waals surface area contributed by atoms with E-state index >= 15 is 0 Å². The van der Waals surface area contributed by atoms with E-state index in [4.69, 9.17) is 0 Å². The Labute approximate surface area is 220 Å². The number of rotatable bonds is 9. The van der Waals surface area contributed by atoms with Crippen LogP contribution in [0.4, 0.5) is 0 Å². The van der Waals surface area contributed by atoms with Gasteiger partial charge >= 0.3 is 0 Å². The fourth-order valence-electron chi connectivity index (χ4n) is 6.76. The molecule has 0 bridgehead atoms. The lowest BCUT2D eigenvalue weighted by Gasteiger charge is -2.41. The molecule has 0 aromatic heterocycles. The highest BCUT2D eigenvalue weighted by Crippen LogP contribution is 2.61. The van der Waals surface area contributed by atoms with E-state index in [1.807, 2.05) is 35.8 Å². The number of carbonyl (C=O) groups excluding carboxylic acids is 3. The van der Waals surface area contributed by atoms with Gasteiger partial charge in [-0.15, -0.1) is 11.8 Å². The van der Waals surface area contributed by atoms with Gasteiger partial charge in [0.1, 0.15) is 6.04 Å². The number of hydrogen-bond acceptors (Lipinski definition) is 5. The minimum atomic E-state index is -0.819. The maximum absolute atomic E-state index is 14.4. The number of carbonyl (C=O) groups is 3. The van der Waals surface area contributed by atoms with E-state index in [1.54, 1.807) is 16.7 Å². The van der Waals surface area contributed by atoms with E-state index in [1.165, 1.54) is 0 Å². The van der Waals surface area contributed by atoms with Gasteiger partial charge < -0.3 is 19.8 Å². The monoisotopic (exact) mass is 517 g/mol. The molecular formula is C28H43N3O4S. The molecule has 8 atom stereocenters. The molecule has 4 aliphatic heterocycles. The normalized spacial score (nSPS) is 34.3. The first-order valence-corrected chi connectivity index (χ1v) is 14.7. The molecule has 3 amide bonds. The third kappa shape index (κ3) is 4.22. The van der Waals surface area contributed by atoms with Crippen LogP contribution in [0.3, 0.4) is 0 Å². The molecule has 4 aliphatic rings. The second-order valence-corrected chi connectivity index (χ2v) is 12.5. The van der Waals surface area contributed by atoms with E-state index in [0.717, 1.165) is 25.7 Å². The maximum atomic E-state index is 14.4. The zero-order valence-electron chi connectivity index (χ0n) is 22.4. The summed E-state index contributed by atoms with van der Waals surface area (Å²) >= 11 is 1.62. The number of nitrogens with zero attached hydrogens (tertiary/aromatic N) is 3. The molecule has 4 heterocycles. The molecule has 0 aromatic rings. The van der Waals surface area contributed by atoms with Crippen molar-refractivity contribution >= 4 is 29.5 Å². The average Bonchev–Trinajstić information content (AvgIpc) is 3.17. The highest BCUT2D eigenvalue weighted by Gasteiger charge is 2.72. The molecule has 8 heteroatoms. The number of aliphatic hydroxyl groups excluding tert-OH is 1. The summed E-state index contributed by atoms with van der Waals surface area (Å²) in [6, 6.07) is -1.14. The summed E-state index contributed by atoms with van der Waals surface area (Å²) < 4.78 is -0.819. The van der Waals surface area contributed by atoms with Crippen molar-refractivity contribution in [2.75, 3.05) is 26.2 Å². The fraction of sp³-hybridized carbons (Fsp3) is 0.750. The second kappa shape index (κ2) is 10.9. The number of thioether (sulfide) groups is 1. The van der Waals surface area contributed by atoms with Crippen LogP contribution >= 0.6 is 11.8 Å². The van der Waals surface area contributed by atoms with E-state index in [-0.39, 0.29) is 41.5 Å². The van der Waals surface area contributed by atoms with Gasteiger partial charge in [-0.1, -0.05) is 64.8 Å². The van der Waals surface area contributed by atoms with Gasteiger partial charge in [0.2, 0.25) is 17.7 Å². The first-order valence-electron chi connectivity index (χ1n) is 13.8. The van der Waals surface area contributed by atoms with E-state index < -0.39 is 28.7 Å². The first kappa shape index (κ1) is 27.2. The molecule has 1 N–H and O–H groups in total. The van der Waals surface area contributed by atoms with Crippen LogP contribution in [0.25, 0.3) is 0 Å². The van der Waals surface area contributed by atoms with Crippen molar-refractivity contribution in [2.24, 2.45) is 17.8 Å². The standard InChI is InChI=1S/C28H43N3O4S/c1-6-11-19(5)30-16-10-13-28-23(22-21(36-28)12-9-15-29(14-7-2)25(22)33)26(34)31(24(28)27(30)35)20(17-32)18(4)8-3/h9-10,12-13,18-24,32H,6-8,11,14-17H2,1-5H3/t18-,19?,20-,21+,22-,23-,24?,28-/m0/s1. The van der Waals surface area contributed by atoms with Gasteiger partial charge in [0.05, 0.1) is 29.2 Å². The van der Waals surface area contributed by atoms with Crippen LogP contribution in [0.15, 0.2) is 24.3 Å². The summed E-state index contributed by atoms with van der Waals surface area (Å²) in [5.41, 5.74) is 0. The lowest BCUT2D eigenvalue weighted by atomic mass is 9.78. The lowest BCUT2D eigenvalue weighted by molar-refractivity contribution is -0.148. The Kier molecular flexibility index (Phi) is 8.25. The summed E-state index contributed by atoms with van der Waals surface area (Å²) in [5, 5.41) is 10.3. The highest BCUT2D eigenvalue weighted by atomic mass is 32.2. The molecule has 0 saturated carbocycles. The third-order valence-corrected chi connectivity index (χ3v) is 10.5. The molecule has 0 aromatic carbocycles. The minimum Gasteiger partial charge on any atom is -0.394 e. The summed E-state index contributed by atoms with van der Waals surface area (Å²) in [6.07, 6.45) is 11.7. The Bertz CT molecular complexity index is 922. The number of hydrogen-bond donors (Lipinski definition) is 1. The molecule has 4 rings (SSSR count). The van der Waals surface area contributed by atoms with Gasteiger partial charge in [-0.05, 0) is 25.7 Å². The van der Waals surface area contributed by atoms with Gasteiger partial charge in [-0.25, -0.2) is 0 Å². The van der Waals surface area contributed by atoms with Crippen molar-refractivity contribution < 1.29 is 19.5 Å². The largest absolute Gasteiger partial charge is 0.394 e. The molecule has 2 fully saturated rings. The summed E-state index contributed by atoms with van der Waals surface area (Å²) in [5.74, 6) is -1.29. The van der Waals surface area contributed by atoms with E-state index in [9.17, 15) is 19.5 Å². The van der Waals surface area contributed by atoms with Gasteiger partial charge in [0, 0.05) is 30.9 Å². The van der Waals surface area contributed by atoms with Gasteiger partial charge in [-0.2, -0.15) is 0 Å². The van der Waals surface area contributed by atoms with Crippen molar-refractivity contribution in [3.05, 3.63) is 24.3 Å². The zero-order valence-corrected chi connectivity index (χ0v) is 23.2. The summed E-state index contributed by atoms with van der Waals surface area (Å²) in [6.45, 7) is 11.8. The Morgan fingerprint density at radius 1 is 1.06 bits per heavy atom. The van der Waals surface area contributed by atoms with Crippen LogP contribution in [-0.4, -0.2) is 91.9 Å². The maximum Gasteiger partial charge on any atom is 0.247 e. The Balaban J connectivity index is 1.85. The predicted octanol–water partition coefficient (Wildman–Crippen LogP) is 3.09.